The Hall–Kier alpha value is -1.81. The van der Waals surface area contributed by atoms with Gasteiger partial charge in [-0.1, -0.05) is 29.8 Å². The van der Waals surface area contributed by atoms with Crippen molar-refractivity contribution in [2.45, 2.75) is 13.3 Å². The van der Waals surface area contributed by atoms with Crippen LogP contribution in [-0.4, -0.2) is 17.0 Å². The lowest BCUT2D eigenvalue weighted by Crippen LogP contribution is -2.48. The summed E-state index contributed by atoms with van der Waals surface area (Å²) in [7, 11) is 0. The van der Waals surface area contributed by atoms with Gasteiger partial charge in [0.25, 0.3) is 0 Å². The van der Waals surface area contributed by atoms with Gasteiger partial charge in [-0.25, -0.2) is 0 Å². The number of carboxylic acids is 1. The minimum atomic E-state index is -0.863. The van der Waals surface area contributed by atoms with Crippen LogP contribution >= 0.6 is 11.6 Å². The highest BCUT2D eigenvalue weighted by molar-refractivity contribution is 6.31. The van der Waals surface area contributed by atoms with Crippen LogP contribution in [0.1, 0.15) is 12.0 Å². The summed E-state index contributed by atoms with van der Waals surface area (Å²) in [5, 5.41) is 13.1. The molecule has 1 aromatic carbocycles. The Morgan fingerprint density at radius 3 is 2.48 bits per heavy atom. The molecule has 6 atom stereocenters. The predicted molar refractivity (Wildman–Crippen MR) is 87.2 cm³/mol. The molecule has 0 heterocycles. The molecule has 1 amide bonds. The van der Waals surface area contributed by atoms with Crippen LogP contribution < -0.4 is 5.32 Å². The lowest BCUT2D eigenvalue weighted by atomic mass is 9.62. The summed E-state index contributed by atoms with van der Waals surface area (Å²) in [4.78, 5) is 24.6. The quantitative estimate of drug-likeness (QED) is 0.835. The van der Waals surface area contributed by atoms with Crippen molar-refractivity contribution in [1.82, 2.24) is 0 Å². The van der Waals surface area contributed by atoms with Crippen molar-refractivity contribution in [3.05, 3.63) is 40.9 Å². The molecular formula is C18H18ClNO3. The number of hydrogen-bond acceptors (Lipinski definition) is 2. The summed E-state index contributed by atoms with van der Waals surface area (Å²) < 4.78 is 0. The number of carbonyl (C=O) groups is 2. The SMILES string of the molecule is Cc1c(Cl)cccc1NC(=O)[C@H]1[C@@H]2C=C[C@H]([C@H]3C[C@H]23)[C@@H]1C(=O)O. The number of carbonyl (C=O) groups excluding carboxylic acids is 1. The molecule has 0 unspecified atom stereocenters. The van der Waals surface area contributed by atoms with E-state index in [-0.39, 0.29) is 17.7 Å². The highest BCUT2D eigenvalue weighted by Crippen LogP contribution is 2.63. The Balaban J connectivity index is 1.63. The highest BCUT2D eigenvalue weighted by atomic mass is 35.5. The van der Waals surface area contributed by atoms with Crippen molar-refractivity contribution in [2.24, 2.45) is 35.5 Å². The van der Waals surface area contributed by atoms with Gasteiger partial charge in [-0.05, 0) is 54.7 Å². The molecule has 4 aliphatic rings. The van der Waals surface area contributed by atoms with Gasteiger partial charge in [-0.15, -0.1) is 0 Å². The van der Waals surface area contributed by atoms with Gasteiger partial charge in [0.2, 0.25) is 5.91 Å². The number of anilines is 1. The van der Waals surface area contributed by atoms with E-state index in [0.29, 0.717) is 22.5 Å². The van der Waals surface area contributed by atoms with Crippen LogP contribution in [-0.2, 0) is 9.59 Å². The lowest BCUT2D eigenvalue weighted by Gasteiger charge is -2.41. The number of nitrogens with one attached hydrogen (secondary N) is 1. The van der Waals surface area contributed by atoms with Crippen LogP contribution in [0.2, 0.25) is 5.02 Å². The molecule has 2 fully saturated rings. The van der Waals surface area contributed by atoms with Crippen LogP contribution in [0.25, 0.3) is 0 Å². The summed E-state index contributed by atoms with van der Waals surface area (Å²) in [6.07, 6.45) is 5.13. The molecule has 4 aliphatic carbocycles. The van der Waals surface area contributed by atoms with Crippen LogP contribution in [0.4, 0.5) is 5.69 Å². The van der Waals surface area contributed by atoms with Gasteiger partial charge in [0.15, 0.2) is 0 Å². The smallest absolute Gasteiger partial charge is 0.307 e. The van der Waals surface area contributed by atoms with Crippen LogP contribution in [0, 0.1) is 42.4 Å². The van der Waals surface area contributed by atoms with E-state index < -0.39 is 17.8 Å². The molecule has 0 saturated heterocycles. The first kappa shape index (κ1) is 14.8. The average molecular weight is 332 g/mol. The van der Waals surface area contributed by atoms with E-state index in [4.69, 9.17) is 11.6 Å². The summed E-state index contributed by atoms with van der Waals surface area (Å²) >= 11 is 6.10. The lowest BCUT2D eigenvalue weighted by molar-refractivity contribution is -0.152. The maximum Gasteiger partial charge on any atom is 0.307 e. The van der Waals surface area contributed by atoms with Crippen molar-refractivity contribution in [2.75, 3.05) is 5.32 Å². The maximum absolute atomic E-state index is 12.8. The second kappa shape index (κ2) is 5.10. The largest absolute Gasteiger partial charge is 0.481 e. The van der Waals surface area contributed by atoms with Gasteiger partial charge in [-0.2, -0.15) is 0 Å². The molecule has 120 valence electrons. The highest BCUT2D eigenvalue weighted by Gasteiger charge is 2.62. The number of halogens is 1. The molecule has 4 nitrogen and oxygen atoms in total. The number of amides is 1. The van der Waals surface area contributed by atoms with Gasteiger partial charge in [0, 0.05) is 10.7 Å². The van der Waals surface area contributed by atoms with Gasteiger partial charge in [0.05, 0.1) is 11.8 Å². The molecule has 2 bridgehead atoms. The second-order valence-electron chi connectivity index (χ2n) is 6.89. The molecule has 2 N–H and O–H groups in total. The van der Waals surface area contributed by atoms with E-state index in [1.807, 2.05) is 13.0 Å². The number of aliphatic carboxylic acids is 1. The Morgan fingerprint density at radius 2 is 1.83 bits per heavy atom. The third-order valence-corrected chi connectivity index (χ3v) is 6.17. The van der Waals surface area contributed by atoms with Crippen LogP contribution in [0.15, 0.2) is 30.4 Å². The monoisotopic (exact) mass is 331 g/mol. The van der Waals surface area contributed by atoms with Crippen molar-refractivity contribution in [3.63, 3.8) is 0 Å². The fraction of sp³-hybridized carbons (Fsp3) is 0.444. The van der Waals surface area contributed by atoms with Gasteiger partial charge >= 0.3 is 5.97 Å². The number of benzene rings is 1. The second-order valence-corrected chi connectivity index (χ2v) is 7.30. The molecule has 5 heteroatoms. The van der Waals surface area contributed by atoms with Crippen molar-refractivity contribution in [3.8, 4) is 0 Å². The standard InChI is InChI=1S/C18H18ClNO3/c1-8-13(19)3-2-4-14(8)20-17(21)15-9-5-6-10(12-7-11(9)12)16(15)18(22)23/h2-6,9-12,15-16H,7H2,1H3,(H,20,21)(H,22,23)/t9-,10-,11-,12-,15+,16+/m1/s1. The molecule has 1 aromatic rings. The third-order valence-electron chi connectivity index (χ3n) is 5.77. The van der Waals surface area contributed by atoms with E-state index in [1.165, 1.54) is 0 Å². The van der Waals surface area contributed by atoms with Gasteiger partial charge in [-0.3, -0.25) is 9.59 Å². The minimum Gasteiger partial charge on any atom is -0.481 e. The van der Waals surface area contributed by atoms with E-state index in [0.717, 1.165) is 12.0 Å². The first-order valence-electron chi connectivity index (χ1n) is 7.96. The van der Waals surface area contributed by atoms with Crippen LogP contribution in [0.3, 0.4) is 0 Å². The van der Waals surface area contributed by atoms with E-state index in [1.54, 1.807) is 18.2 Å². The van der Waals surface area contributed by atoms with Crippen molar-refractivity contribution < 1.29 is 14.7 Å². The molecular weight excluding hydrogens is 314 g/mol. The number of carboxylic acid groups (broad SMARTS) is 1. The van der Waals surface area contributed by atoms with E-state index >= 15 is 0 Å². The van der Waals surface area contributed by atoms with Crippen LogP contribution in [0.5, 0.6) is 0 Å². The zero-order valence-corrected chi connectivity index (χ0v) is 13.5. The number of rotatable bonds is 3. The molecule has 23 heavy (non-hydrogen) atoms. The molecule has 0 aromatic heterocycles. The Morgan fingerprint density at radius 1 is 1.17 bits per heavy atom. The van der Waals surface area contributed by atoms with Crippen molar-refractivity contribution in [1.29, 1.82) is 0 Å². The number of hydrogen-bond donors (Lipinski definition) is 2. The maximum atomic E-state index is 12.8. The summed E-state index contributed by atoms with van der Waals surface area (Å²) in [5.74, 6) is -1.19. The van der Waals surface area contributed by atoms with Gasteiger partial charge in [0.1, 0.15) is 0 Å². The van der Waals surface area contributed by atoms with Crippen molar-refractivity contribution >= 4 is 29.2 Å². The normalized spacial score (nSPS) is 36.4. The fourth-order valence-electron chi connectivity index (χ4n) is 4.53. The zero-order chi connectivity index (χ0) is 16.3. The Kier molecular flexibility index (Phi) is 3.27. The van der Waals surface area contributed by atoms with Gasteiger partial charge < -0.3 is 10.4 Å². The Bertz CT molecular complexity index is 729. The van der Waals surface area contributed by atoms with E-state index in [9.17, 15) is 14.7 Å². The molecule has 2 saturated carbocycles. The summed E-state index contributed by atoms with van der Waals surface area (Å²) in [6.45, 7) is 1.84. The average Bonchev–Trinajstić information content (AvgIpc) is 3.33. The fourth-order valence-corrected chi connectivity index (χ4v) is 4.70. The Labute approximate surface area is 139 Å². The molecule has 0 radical (unpaired) electrons. The minimum absolute atomic E-state index is 0.00120. The third kappa shape index (κ3) is 2.19. The number of allylic oxidation sites excluding steroid dienone is 2. The zero-order valence-electron chi connectivity index (χ0n) is 12.7. The van der Waals surface area contributed by atoms with E-state index in [2.05, 4.69) is 11.4 Å². The first-order chi connectivity index (χ1) is 11.0. The summed E-state index contributed by atoms with van der Waals surface area (Å²) in [5.41, 5.74) is 1.46. The molecule has 0 spiro atoms. The first-order valence-corrected chi connectivity index (χ1v) is 8.34. The number of fused-ring (bicyclic) bond motifs is 1. The molecule has 0 aliphatic heterocycles. The summed E-state index contributed by atoms with van der Waals surface area (Å²) in [6, 6.07) is 5.35. The molecule has 5 rings (SSSR count). The predicted octanol–water partition coefficient (Wildman–Crippen LogP) is 3.36. The topological polar surface area (TPSA) is 66.4 Å².